The summed E-state index contributed by atoms with van der Waals surface area (Å²) in [5, 5.41) is 3.88. The van der Waals surface area contributed by atoms with Crippen LogP contribution in [0.1, 0.15) is 49.3 Å². The van der Waals surface area contributed by atoms with E-state index in [9.17, 15) is 9.59 Å². The standard InChI is InChI=1S/C26H26BrCl2N3O4/c1-6-35-25(34)21-14(2)30-24(22-18(28)12-16(27)13-19(22)29)32-23(21)31-17-9-7-15(8-10-17)11-20(33)36-26(3,4)5/h7-10,12-13H,6,11H2,1-5H3,(H,30,31,32). The van der Waals surface area contributed by atoms with Crippen molar-refractivity contribution in [2.75, 3.05) is 11.9 Å². The Morgan fingerprint density at radius 2 is 1.67 bits per heavy atom. The molecule has 0 radical (unpaired) electrons. The number of carbonyl (C=O) groups is 2. The Labute approximate surface area is 228 Å². The molecule has 0 fully saturated rings. The maximum atomic E-state index is 12.7. The number of rotatable bonds is 7. The number of aryl methyl sites for hydroxylation is 1. The van der Waals surface area contributed by atoms with Crippen molar-refractivity contribution in [1.29, 1.82) is 0 Å². The molecule has 0 spiro atoms. The summed E-state index contributed by atoms with van der Waals surface area (Å²) in [6, 6.07) is 10.5. The summed E-state index contributed by atoms with van der Waals surface area (Å²) in [6.07, 6.45) is 0.142. The summed E-state index contributed by atoms with van der Waals surface area (Å²) in [4.78, 5) is 34.0. The lowest BCUT2D eigenvalue weighted by molar-refractivity contribution is -0.153. The average molecular weight is 595 g/mol. The summed E-state index contributed by atoms with van der Waals surface area (Å²) in [7, 11) is 0. The smallest absolute Gasteiger partial charge is 0.343 e. The van der Waals surface area contributed by atoms with Crippen molar-refractivity contribution in [1.82, 2.24) is 9.97 Å². The Bertz CT molecular complexity index is 1270. The number of nitrogens with zero attached hydrogens (tertiary/aromatic N) is 2. The number of ether oxygens (including phenoxy) is 2. The van der Waals surface area contributed by atoms with Gasteiger partial charge in [-0.25, -0.2) is 14.8 Å². The van der Waals surface area contributed by atoms with Gasteiger partial charge >= 0.3 is 11.9 Å². The van der Waals surface area contributed by atoms with Crippen LogP contribution in [0.25, 0.3) is 11.4 Å². The lowest BCUT2D eigenvalue weighted by atomic mass is 10.1. The van der Waals surface area contributed by atoms with Crippen LogP contribution in [0.5, 0.6) is 0 Å². The molecule has 1 heterocycles. The number of aromatic nitrogens is 2. The first-order chi connectivity index (χ1) is 16.9. The van der Waals surface area contributed by atoms with Crippen molar-refractivity contribution in [2.24, 2.45) is 0 Å². The quantitative estimate of drug-likeness (QED) is 0.286. The van der Waals surface area contributed by atoms with Crippen molar-refractivity contribution in [3.8, 4) is 11.4 Å². The Morgan fingerprint density at radius 3 is 2.22 bits per heavy atom. The summed E-state index contributed by atoms with van der Waals surface area (Å²) in [5.41, 5.74) is 1.92. The fourth-order valence-electron chi connectivity index (χ4n) is 3.37. The first-order valence-corrected chi connectivity index (χ1v) is 12.7. The number of hydrogen-bond donors (Lipinski definition) is 1. The first-order valence-electron chi connectivity index (χ1n) is 11.2. The van der Waals surface area contributed by atoms with Gasteiger partial charge in [0.15, 0.2) is 5.82 Å². The van der Waals surface area contributed by atoms with Crippen LogP contribution in [-0.4, -0.2) is 34.1 Å². The number of halogens is 3. The Morgan fingerprint density at radius 1 is 1.06 bits per heavy atom. The van der Waals surface area contributed by atoms with Crippen molar-refractivity contribution in [2.45, 2.75) is 46.6 Å². The minimum absolute atomic E-state index is 0.142. The highest BCUT2D eigenvalue weighted by atomic mass is 79.9. The number of hydrogen-bond acceptors (Lipinski definition) is 7. The van der Waals surface area contributed by atoms with E-state index in [1.165, 1.54) is 0 Å². The summed E-state index contributed by atoms with van der Waals surface area (Å²) in [5.74, 6) is -0.372. The number of esters is 2. The van der Waals surface area contributed by atoms with Gasteiger partial charge in [0.25, 0.3) is 0 Å². The van der Waals surface area contributed by atoms with Gasteiger partial charge in [0.2, 0.25) is 0 Å². The maximum Gasteiger partial charge on any atom is 0.343 e. The molecular weight excluding hydrogens is 569 g/mol. The topological polar surface area (TPSA) is 90.4 Å². The first kappa shape index (κ1) is 27.9. The van der Waals surface area contributed by atoms with Crippen LogP contribution in [-0.2, 0) is 20.7 Å². The van der Waals surface area contributed by atoms with Gasteiger partial charge in [-0.2, -0.15) is 0 Å². The van der Waals surface area contributed by atoms with Gasteiger partial charge in [-0.1, -0.05) is 51.3 Å². The van der Waals surface area contributed by atoms with E-state index in [-0.39, 0.29) is 36.2 Å². The maximum absolute atomic E-state index is 12.7. The van der Waals surface area contributed by atoms with E-state index < -0.39 is 11.6 Å². The van der Waals surface area contributed by atoms with Gasteiger partial charge in [-0.3, -0.25) is 4.79 Å². The molecule has 3 aromatic rings. The molecular formula is C26H26BrCl2N3O4. The largest absolute Gasteiger partial charge is 0.462 e. The third-order valence-electron chi connectivity index (χ3n) is 4.79. The van der Waals surface area contributed by atoms with Gasteiger partial charge in [0.1, 0.15) is 17.0 Å². The van der Waals surface area contributed by atoms with Crippen LogP contribution in [0.2, 0.25) is 10.0 Å². The fraction of sp³-hybridized carbons (Fsp3) is 0.308. The van der Waals surface area contributed by atoms with Gasteiger partial charge in [-0.05, 0) is 64.4 Å². The molecule has 190 valence electrons. The Hall–Kier alpha value is -2.68. The van der Waals surface area contributed by atoms with E-state index in [1.54, 1.807) is 50.2 Å². The van der Waals surface area contributed by atoms with E-state index in [1.807, 2.05) is 20.8 Å². The molecule has 2 aromatic carbocycles. The van der Waals surface area contributed by atoms with E-state index >= 15 is 0 Å². The van der Waals surface area contributed by atoms with E-state index in [0.717, 1.165) is 5.56 Å². The second kappa shape index (κ2) is 11.6. The van der Waals surface area contributed by atoms with E-state index in [4.69, 9.17) is 32.7 Å². The van der Waals surface area contributed by atoms with Gasteiger partial charge in [0, 0.05) is 10.2 Å². The van der Waals surface area contributed by atoms with Crippen molar-refractivity contribution in [3.05, 3.63) is 67.7 Å². The number of nitrogens with one attached hydrogen (secondary N) is 1. The normalized spacial score (nSPS) is 11.2. The van der Waals surface area contributed by atoms with Crippen molar-refractivity contribution >= 4 is 62.6 Å². The van der Waals surface area contributed by atoms with E-state index in [2.05, 4.69) is 31.2 Å². The van der Waals surface area contributed by atoms with Crippen LogP contribution >= 0.6 is 39.1 Å². The molecule has 0 bridgehead atoms. The van der Waals surface area contributed by atoms with Crippen LogP contribution in [0.3, 0.4) is 0 Å². The molecule has 7 nitrogen and oxygen atoms in total. The molecule has 10 heteroatoms. The van der Waals surface area contributed by atoms with E-state index in [0.29, 0.717) is 31.5 Å². The second-order valence-corrected chi connectivity index (χ2v) is 10.6. The molecule has 36 heavy (non-hydrogen) atoms. The molecule has 1 aromatic heterocycles. The number of benzene rings is 2. The highest BCUT2D eigenvalue weighted by Crippen LogP contribution is 2.37. The molecule has 0 aliphatic heterocycles. The summed E-state index contributed by atoms with van der Waals surface area (Å²) in [6.45, 7) is 9.08. The SMILES string of the molecule is CCOC(=O)c1c(C)nc(-c2c(Cl)cc(Br)cc2Cl)nc1Nc1ccc(CC(=O)OC(C)(C)C)cc1. The molecule has 1 N–H and O–H groups in total. The third kappa shape index (κ3) is 7.18. The van der Waals surface area contributed by atoms with Gasteiger partial charge in [-0.15, -0.1) is 0 Å². The summed E-state index contributed by atoms with van der Waals surface area (Å²) < 4.78 is 11.3. The highest BCUT2D eigenvalue weighted by Gasteiger charge is 2.23. The number of anilines is 2. The molecule has 0 aliphatic carbocycles. The number of carbonyl (C=O) groups excluding carboxylic acids is 2. The molecule has 0 aliphatic rings. The van der Waals surface area contributed by atoms with Crippen molar-refractivity contribution in [3.63, 3.8) is 0 Å². The molecule has 0 amide bonds. The zero-order chi connectivity index (χ0) is 26.6. The zero-order valence-corrected chi connectivity index (χ0v) is 23.6. The minimum Gasteiger partial charge on any atom is -0.462 e. The Kier molecular flexibility index (Phi) is 8.98. The van der Waals surface area contributed by atoms with Crippen molar-refractivity contribution < 1.29 is 19.1 Å². The Balaban J connectivity index is 1.97. The molecule has 0 unspecified atom stereocenters. The summed E-state index contributed by atoms with van der Waals surface area (Å²) >= 11 is 16.2. The van der Waals surface area contributed by atoms with Crippen LogP contribution in [0.15, 0.2) is 40.9 Å². The van der Waals surface area contributed by atoms with Gasteiger partial charge < -0.3 is 14.8 Å². The third-order valence-corrected chi connectivity index (χ3v) is 5.84. The zero-order valence-electron chi connectivity index (χ0n) is 20.5. The molecule has 0 atom stereocenters. The minimum atomic E-state index is -0.557. The highest BCUT2D eigenvalue weighted by molar-refractivity contribution is 9.10. The predicted octanol–water partition coefficient (Wildman–Crippen LogP) is 7.33. The lowest BCUT2D eigenvalue weighted by Crippen LogP contribution is -2.24. The monoisotopic (exact) mass is 593 g/mol. The predicted molar refractivity (Wildman–Crippen MR) is 145 cm³/mol. The molecule has 0 saturated carbocycles. The molecule has 3 rings (SSSR count). The fourth-order valence-corrected chi connectivity index (χ4v) is 4.74. The van der Waals surface area contributed by atoms with Crippen LogP contribution < -0.4 is 5.32 Å². The second-order valence-electron chi connectivity index (χ2n) is 8.91. The van der Waals surface area contributed by atoms with Gasteiger partial charge in [0.05, 0.1) is 34.3 Å². The molecule has 0 saturated heterocycles. The lowest BCUT2D eigenvalue weighted by Gasteiger charge is -2.19. The average Bonchev–Trinajstić information content (AvgIpc) is 2.73. The van der Waals surface area contributed by atoms with Crippen LogP contribution in [0.4, 0.5) is 11.5 Å². The van der Waals surface area contributed by atoms with Crippen LogP contribution in [0, 0.1) is 6.92 Å².